The molecule has 1 rings (SSSR count). The third-order valence-corrected chi connectivity index (χ3v) is 3.72. The molecule has 0 saturated carbocycles. The number of carbonyl (C=O) groups excluding carboxylic acids is 1. The number of hydrogen-bond donors (Lipinski definition) is 1. The molecule has 0 fully saturated rings. The quantitative estimate of drug-likeness (QED) is 0.624. The van der Waals surface area contributed by atoms with Crippen LogP contribution in [0.1, 0.15) is 62.2 Å². The van der Waals surface area contributed by atoms with E-state index in [1.54, 1.807) is 26.4 Å². The second-order valence-electron chi connectivity index (χ2n) is 5.41. The lowest BCUT2D eigenvalue weighted by Gasteiger charge is -2.12. The zero-order valence-corrected chi connectivity index (χ0v) is 14.1. The van der Waals surface area contributed by atoms with Crippen LogP contribution in [0.4, 0.5) is 0 Å². The van der Waals surface area contributed by atoms with Crippen LogP contribution in [0.2, 0.25) is 0 Å². The van der Waals surface area contributed by atoms with Crippen molar-refractivity contribution in [1.82, 2.24) is 5.32 Å². The summed E-state index contributed by atoms with van der Waals surface area (Å²) in [6.45, 7) is 2.91. The average molecular weight is 307 g/mol. The molecule has 0 saturated heterocycles. The highest BCUT2D eigenvalue weighted by Crippen LogP contribution is 2.27. The Hall–Kier alpha value is -1.71. The van der Waals surface area contributed by atoms with Crippen molar-refractivity contribution in [3.63, 3.8) is 0 Å². The SMILES string of the molecule is CCCCCCCCCNC(=O)c1c(OC)cccc1OC. The maximum atomic E-state index is 12.3. The predicted octanol–water partition coefficient (Wildman–Crippen LogP) is 4.18. The fraction of sp³-hybridized carbons (Fsp3) is 0.611. The molecule has 0 atom stereocenters. The van der Waals surface area contributed by atoms with E-state index in [1.165, 1.54) is 32.1 Å². The normalized spacial score (nSPS) is 10.3. The Bertz CT molecular complexity index is 424. The lowest BCUT2D eigenvalue weighted by atomic mass is 10.1. The topological polar surface area (TPSA) is 47.6 Å². The Morgan fingerprint density at radius 3 is 2.05 bits per heavy atom. The van der Waals surface area contributed by atoms with E-state index in [0.717, 1.165) is 12.8 Å². The zero-order chi connectivity index (χ0) is 16.2. The lowest BCUT2D eigenvalue weighted by Crippen LogP contribution is -2.25. The van der Waals surface area contributed by atoms with E-state index >= 15 is 0 Å². The van der Waals surface area contributed by atoms with Gasteiger partial charge >= 0.3 is 0 Å². The second-order valence-corrected chi connectivity index (χ2v) is 5.41. The van der Waals surface area contributed by atoms with Gasteiger partial charge in [0.15, 0.2) is 0 Å². The smallest absolute Gasteiger partial charge is 0.258 e. The largest absolute Gasteiger partial charge is 0.496 e. The number of ether oxygens (including phenoxy) is 2. The Balaban J connectivity index is 2.37. The molecule has 1 aromatic carbocycles. The number of nitrogens with one attached hydrogen (secondary N) is 1. The highest BCUT2D eigenvalue weighted by atomic mass is 16.5. The van der Waals surface area contributed by atoms with Crippen LogP contribution in [0.15, 0.2) is 18.2 Å². The first-order valence-electron chi connectivity index (χ1n) is 8.23. The zero-order valence-electron chi connectivity index (χ0n) is 14.1. The van der Waals surface area contributed by atoms with Crippen molar-refractivity contribution in [3.8, 4) is 11.5 Å². The summed E-state index contributed by atoms with van der Waals surface area (Å²) < 4.78 is 10.5. The molecule has 0 radical (unpaired) electrons. The summed E-state index contributed by atoms with van der Waals surface area (Å²) in [5.74, 6) is 0.938. The molecule has 22 heavy (non-hydrogen) atoms. The minimum absolute atomic E-state index is 0.139. The first-order valence-corrected chi connectivity index (χ1v) is 8.23. The average Bonchev–Trinajstić information content (AvgIpc) is 2.56. The van der Waals surface area contributed by atoms with Gasteiger partial charge in [0, 0.05) is 6.54 Å². The van der Waals surface area contributed by atoms with Gasteiger partial charge in [0.25, 0.3) is 5.91 Å². The van der Waals surface area contributed by atoms with Crippen LogP contribution in [-0.4, -0.2) is 26.7 Å². The molecule has 0 aliphatic rings. The summed E-state index contributed by atoms with van der Waals surface area (Å²) in [7, 11) is 3.11. The van der Waals surface area contributed by atoms with Crippen molar-refractivity contribution in [2.45, 2.75) is 51.9 Å². The maximum Gasteiger partial charge on any atom is 0.258 e. The summed E-state index contributed by atoms with van der Waals surface area (Å²) in [4.78, 5) is 12.3. The van der Waals surface area contributed by atoms with Crippen LogP contribution < -0.4 is 14.8 Å². The van der Waals surface area contributed by atoms with Gasteiger partial charge in [-0.25, -0.2) is 0 Å². The molecule has 0 unspecified atom stereocenters. The molecule has 1 amide bonds. The number of amides is 1. The van der Waals surface area contributed by atoms with Crippen molar-refractivity contribution < 1.29 is 14.3 Å². The molecular formula is C18H29NO3. The molecule has 4 nitrogen and oxygen atoms in total. The number of carbonyl (C=O) groups is 1. The van der Waals surface area contributed by atoms with E-state index in [0.29, 0.717) is 23.6 Å². The monoisotopic (exact) mass is 307 g/mol. The van der Waals surface area contributed by atoms with E-state index in [4.69, 9.17) is 9.47 Å². The van der Waals surface area contributed by atoms with Crippen molar-refractivity contribution in [2.24, 2.45) is 0 Å². The Morgan fingerprint density at radius 2 is 1.50 bits per heavy atom. The Morgan fingerprint density at radius 1 is 0.955 bits per heavy atom. The fourth-order valence-corrected chi connectivity index (χ4v) is 2.45. The van der Waals surface area contributed by atoms with Gasteiger partial charge in [0.2, 0.25) is 0 Å². The number of benzene rings is 1. The Kier molecular flexibility index (Phi) is 9.12. The van der Waals surface area contributed by atoms with Crippen molar-refractivity contribution in [1.29, 1.82) is 0 Å². The van der Waals surface area contributed by atoms with Gasteiger partial charge in [-0.3, -0.25) is 4.79 Å². The molecule has 0 aromatic heterocycles. The van der Waals surface area contributed by atoms with Crippen LogP contribution >= 0.6 is 0 Å². The van der Waals surface area contributed by atoms with Crippen molar-refractivity contribution in [3.05, 3.63) is 23.8 Å². The van der Waals surface area contributed by atoms with Gasteiger partial charge < -0.3 is 14.8 Å². The summed E-state index contributed by atoms with van der Waals surface area (Å²) >= 11 is 0. The minimum Gasteiger partial charge on any atom is -0.496 e. The number of rotatable bonds is 11. The summed E-state index contributed by atoms with van der Waals surface area (Å²) in [6, 6.07) is 5.35. The van der Waals surface area contributed by atoms with Crippen molar-refractivity contribution in [2.75, 3.05) is 20.8 Å². The first kappa shape index (κ1) is 18.3. The highest BCUT2D eigenvalue weighted by Gasteiger charge is 2.17. The third kappa shape index (κ3) is 5.96. The molecule has 0 aliphatic carbocycles. The van der Waals surface area contributed by atoms with Crippen LogP contribution in [0.25, 0.3) is 0 Å². The van der Waals surface area contributed by atoms with Gasteiger partial charge in [0.1, 0.15) is 17.1 Å². The Labute approximate surface area is 134 Å². The standard InChI is InChI=1S/C18H29NO3/c1-4-5-6-7-8-9-10-14-19-18(20)17-15(21-2)12-11-13-16(17)22-3/h11-13H,4-10,14H2,1-3H3,(H,19,20). The summed E-state index contributed by atoms with van der Waals surface area (Å²) in [5.41, 5.74) is 0.468. The second kappa shape index (κ2) is 10.9. The molecule has 0 spiro atoms. The molecule has 0 aliphatic heterocycles. The van der Waals surface area contributed by atoms with Crippen molar-refractivity contribution >= 4 is 5.91 Å². The van der Waals surface area contributed by atoms with Crippen LogP contribution in [0.3, 0.4) is 0 Å². The minimum atomic E-state index is -0.139. The molecule has 0 heterocycles. The van der Waals surface area contributed by atoms with E-state index < -0.39 is 0 Å². The van der Waals surface area contributed by atoms with Crippen LogP contribution in [0, 0.1) is 0 Å². The number of hydrogen-bond acceptors (Lipinski definition) is 3. The molecule has 1 N–H and O–H groups in total. The number of unbranched alkanes of at least 4 members (excludes halogenated alkanes) is 6. The van der Waals surface area contributed by atoms with E-state index in [9.17, 15) is 4.79 Å². The molecule has 1 aromatic rings. The third-order valence-electron chi connectivity index (χ3n) is 3.72. The predicted molar refractivity (Wildman–Crippen MR) is 89.9 cm³/mol. The lowest BCUT2D eigenvalue weighted by molar-refractivity contribution is 0.0946. The summed E-state index contributed by atoms with van der Waals surface area (Å²) in [5, 5.41) is 2.95. The van der Waals surface area contributed by atoms with Gasteiger partial charge in [-0.1, -0.05) is 51.5 Å². The molecule has 0 bridgehead atoms. The van der Waals surface area contributed by atoms with Gasteiger partial charge in [-0.2, -0.15) is 0 Å². The number of methoxy groups -OCH3 is 2. The molecule has 124 valence electrons. The summed E-state index contributed by atoms with van der Waals surface area (Å²) in [6.07, 6.45) is 8.63. The van der Waals surface area contributed by atoms with E-state index in [-0.39, 0.29) is 5.91 Å². The fourth-order valence-electron chi connectivity index (χ4n) is 2.45. The van der Waals surface area contributed by atoms with Gasteiger partial charge in [0.05, 0.1) is 14.2 Å². The molecule has 4 heteroatoms. The van der Waals surface area contributed by atoms with Crippen LogP contribution in [-0.2, 0) is 0 Å². The van der Waals surface area contributed by atoms with Gasteiger partial charge in [-0.05, 0) is 18.6 Å². The van der Waals surface area contributed by atoms with E-state index in [2.05, 4.69) is 12.2 Å². The van der Waals surface area contributed by atoms with E-state index in [1.807, 2.05) is 6.07 Å². The highest BCUT2D eigenvalue weighted by molar-refractivity contribution is 5.99. The van der Waals surface area contributed by atoms with Crippen LogP contribution in [0.5, 0.6) is 11.5 Å². The molecular weight excluding hydrogens is 278 g/mol. The first-order chi connectivity index (χ1) is 10.7. The van der Waals surface area contributed by atoms with Gasteiger partial charge in [-0.15, -0.1) is 0 Å². The maximum absolute atomic E-state index is 12.3.